The Balaban J connectivity index is 2.07. The summed E-state index contributed by atoms with van der Waals surface area (Å²) in [5.74, 6) is 2.14. The molecule has 0 fully saturated rings. The summed E-state index contributed by atoms with van der Waals surface area (Å²) < 4.78 is 2.28. The Morgan fingerprint density at radius 2 is 1.88 bits per heavy atom. The van der Waals surface area contributed by atoms with Crippen molar-refractivity contribution in [1.29, 1.82) is 0 Å². The van der Waals surface area contributed by atoms with Gasteiger partial charge in [0.25, 0.3) is 0 Å². The van der Waals surface area contributed by atoms with Crippen LogP contribution in [0.4, 0.5) is 0 Å². The maximum absolute atomic E-state index is 4.35. The minimum absolute atomic E-state index is 0.346. The van der Waals surface area contributed by atoms with Gasteiger partial charge in [-0.15, -0.1) is 10.2 Å². The molecule has 1 aliphatic rings. The molecule has 2 aromatic rings. The van der Waals surface area contributed by atoms with E-state index in [0.29, 0.717) is 5.41 Å². The summed E-state index contributed by atoms with van der Waals surface area (Å²) in [5.41, 5.74) is 1.50. The Labute approximate surface area is 101 Å². The molecule has 17 heavy (non-hydrogen) atoms. The average Bonchev–Trinajstić information content (AvgIpc) is 2.71. The topological polar surface area (TPSA) is 30.7 Å². The van der Waals surface area contributed by atoms with E-state index in [4.69, 9.17) is 0 Å². The molecule has 3 nitrogen and oxygen atoms in total. The summed E-state index contributed by atoms with van der Waals surface area (Å²) in [6.07, 6.45) is 2.23. The van der Waals surface area contributed by atoms with E-state index in [1.807, 2.05) is 18.2 Å². The zero-order chi connectivity index (χ0) is 11.9. The first-order chi connectivity index (χ1) is 8.16. The Bertz CT molecular complexity index is 526. The lowest BCUT2D eigenvalue weighted by molar-refractivity contribution is 0.248. The highest BCUT2D eigenvalue weighted by molar-refractivity contribution is 5.55. The van der Waals surface area contributed by atoms with Crippen molar-refractivity contribution >= 4 is 0 Å². The number of aryl methyl sites for hydroxylation is 1. The number of hydrogen-bond donors (Lipinski definition) is 0. The van der Waals surface area contributed by atoms with Crippen LogP contribution in [0.5, 0.6) is 0 Å². The van der Waals surface area contributed by atoms with Crippen LogP contribution in [-0.2, 0) is 13.0 Å². The lowest BCUT2D eigenvalue weighted by Crippen LogP contribution is -2.27. The summed E-state index contributed by atoms with van der Waals surface area (Å²) in [4.78, 5) is 0. The molecule has 0 aliphatic carbocycles. The highest BCUT2D eigenvalue weighted by atomic mass is 15.3. The third-order valence-electron chi connectivity index (χ3n) is 3.47. The quantitative estimate of drug-likeness (QED) is 0.750. The minimum atomic E-state index is 0.346. The van der Waals surface area contributed by atoms with Crippen LogP contribution in [0.3, 0.4) is 0 Å². The van der Waals surface area contributed by atoms with Gasteiger partial charge in [-0.2, -0.15) is 0 Å². The smallest absolute Gasteiger partial charge is 0.163 e. The van der Waals surface area contributed by atoms with Gasteiger partial charge in [-0.3, -0.25) is 0 Å². The van der Waals surface area contributed by atoms with Crippen LogP contribution in [0.1, 0.15) is 26.1 Å². The van der Waals surface area contributed by atoms with Gasteiger partial charge in [0.15, 0.2) is 5.82 Å². The first-order valence-corrected chi connectivity index (χ1v) is 6.13. The van der Waals surface area contributed by atoms with Gasteiger partial charge in [0.2, 0.25) is 0 Å². The van der Waals surface area contributed by atoms with Gasteiger partial charge < -0.3 is 4.57 Å². The molecule has 0 saturated heterocycles. The van der Waals surface area contributed by atoms with Crippen LogP contribution >= 0.6 is 0 Å². The summed E-state index contributed by atoms with van der Waals surface area (Å²) in [5, 5.41) is 8.66. The van der Waals surface area contributed by atoms with E-state index in [9.17, 15) is 0 Å². The molecule has 0 radical (unpaired) electrons. The summed E-state index contributed by atoms with van der Waals surface area (Å²) >= 11 is 0. The van der Waals surface area contributed by atoms with Gasteiger partial charge in [-0.1, -0.05) is 44.2 Å². The standard InChI is InChI=1S/C14H17N3/c1-14(2)9-8-12-15-16-13(17(12)10-14)11-6-4-3-5-7-11/h3-7H,8-10H2,1-2H3. The molecule has 3 rings (SSSR count). The van der Waals surface area contributed by atoms with Crippen molar-refractivity contribution < 1.29 is 0 Å². The zero-order valence-electron chi connectivity index (χ0n) is 10.3. The van der Waals surface area contributed by atoms with E-state index < -0.39 is 0 Å². The predicted molar refractivity (Wildman–Crippen MR) is 67.6 cm³/mol. The second-order valence-electron chi connectivity index (χ2n) is 5.56. The summed E-state index contributed by atoms with van der Waals surface area (Å²) in [6, 6.07) is 10.3. The van der Waals surface area contributed by atoms with E-state index in [0.717, 1.165) is 30.2 Å². The van der Waals surface area contributed by atoms with Crippen molar-refractivity contribution in [3.63, 3.8) is 0 Å². The maximum atomic E-state index is 4.35. The van der Waals surface area contributed by atoms with Crippen LogP contribution in [0.2, 0.25) is 0 Å². The van der Waals surface area contributed by atoms with Crippen molar-refractivity contribution in [2.45, 2.75) is 33.2 Å². The molecule has 0 saturated carbocycles. The van der Waals surface area contributed by atoms with Crippen LogP contribution < -0.4 is 0 Å². The highest BCUT2D eigenvalue weighted by Crippen LogP contribution is 2.32. The molecular formula is C14H17N3. The molecule has 0 spiro atoms. The predicted octanol–water partition coefficient (Wildman–Crippen LogP) is 2.92. The van der Waals surface area contributed by atoms with Crippen molar-refractivity contribution in [3.8, 4) is 11.4 Å². The maximum Gasteiger partial charge on any atom is 0.163 e. The fourth-order valence-corrected chi connectivity index (χ4v) is 2.44. The molecule has 1 aromatic carbocycles. The van der Waals surface area contributed by atoms with E-state index in [1.165, 1.54) is 6.42 Å². The molecule has 0 bridgehead atoms. The second-order valence-corrected chi connectivity index (χ2v) is 5.56. The third-order valence-corrected chi connectivity index (χ3v) is 3.47. The van der Waals surface area contributed by atoms with E-state index in [1.54, 1.807) is 0 Å². The lowest BCUT2D eigenvalue weighted by Gasteiger charge is -2.30. The number of hydrogen-bond acceptors (Lipinski definition) is 2. The Kier molecular flexibility index (Phi) is 2.28. The molecule has 1 aliphatic heterocycles. The monoisotopic (exact) mass is 227 g/mol. The van der Waals surface area contributed by atoms with E-state index in [2.05, 4.69) is 40.7 Å². The van der Waals surface area contributed by atoms with Crippen molar-refractivity contribution in [2.75, 3.05) is 0 Å². The van der Waals surface area contributed by atoms with Gasteiger partial charge in [0, 0.05) is 18.5 Å². The second kappa shape index (κ2) is 3.69. The molecule has 2 heterocycles. The normalized spacial score (nSPS) is 17.8. The zero-order valence-corrected chi connectivity index (χ0v) is 10.3. The van der Waals surface area contributed by atoms with Gasteiger partial charge in [-0.25, -0.2) is 0 Å². The number of benzene rings is 1. The van der Waals surface area contributed by atoms with Crippen molar-refractivity contribution in [1.82, 2.24) is 14.8 Å². The number of aromatic nitrogens is 3. The molecule has 0 N–H and O–H groups in total. The minimum Gasteiger partial charge on any atom is -0.310 e. The largest absolute Gasteiger partial charge is 0.310 e. The number of nitrogens with zero attached hydrogens (tertiary/aromatic N) is 3. The fraction of sp³-hybridized carbons (Fsp3) is 0.429. The van der Waals surface area contributed by atoms with Gasteiger partial charge in [-0.05, 0) is 11.8 Å². The molecule has 1 aromatic heterocycles. The molecular weight excluding hydrogens is 210 g/mol. The van der Waals surface area contributed by atoms with Crippen LogP contribution in [0.25, 0.3) is 11.4 Å². The van der Waals surface area contributed by atoms with Crippen LogP contribution in [-0.4, -0.2) is 14.8 Å². The van der Waals surface area contributed by atoms with Gasteiger partial charge in [0.05, 0.1) is 0 Å². The van der Waals surface area contributed by atoms with Gasteiger partial charge in [0.1, 0.15) is 5.82 Å². The molecule has 88 valence electrons. The SMILES string of the molecule is CC1(C)CCc2nnc(-c3ccccc3)n2C1. The Morgan fingerprint density at radius 3 is 2.65 bits per heavy atom. The average molecular weight is 227 g/mol. The molecule has 0 atom stereocenters. The van der Waals surface area contributed by atoms with Crippen LogP contribution in [0.15, 0.2) is 30.3 Å². The molecule has 0 unspecified atom stereocenters. The Morgan fingerprint density at radius 1 is 1.12 bits per heavy atom. The fourth-order valence-electron chi connectivity index (χ4n) is 2.44. The van der Waals surface area contributed by atoms with E-state index >= 15 is 0 Å². The van der Waals surface area contributed by atoms with E-state index in [-0.39, 0.29) is 0 Å². The van der Waals surface area contributed by atoms with Crippen molar-refractivity contribution in [2.24, 2.45) is 5.41 Å². The molecule has 3 heteroatoms. The number of fused-ring (bicyclic) bond motifs is 1. The molecule has 0 amide bonds. The van der Waals surface area contributed by atoms with Crippen LogP contribution in [0, 0.1) is 5.41 Å². The Hall–Kier alpha value is -1.64. The highest BCUT2D eigenvalue weighted by Gasteiger charge is 2.28. The first-order valence-electron chi connectivity index (χ1n) is 6.13. The number of rotatable bonds is 1. The summed E-state index contributed by atoms with van der Waals surface area (Å²) in [7, 11) is 0. The third kappa shape index (κ3) is 1.86. The first kappa shape index (κ1) is 10.5. The lowest BCUT2D eigenvalue weighted by atomic mass is 9.85. The van der Waals surface area contributed by atoms with Gasteiger partial charge >= 0.3 is 0 Å². The van der Waals surface area contributed by atoms with Crippen molar-refractivity contribution in [3.05, 3.63) is 36.2 Å². The summed E-state index contributed by atoms with van der Waals surface area (Å²) in [6.45, 7) is 5.63.